The van der Waals surface area contributed by atoms with Crippen LogP contribution in [0.2, 0.25) is 0 Å². The monoisotopic (exact) mass is 455 g/mol. The van der Waals surface area contributed by atoms with Crippen LogP contribution in [-0.4, -0.2) is 18.6 Å². The van der Waals surface area contributed by atoms with Crippen molar-refractivity contribution in [3.63, 3.8) is 0 Å². The standard InChI is InChI=1S/C28H30N3OP/c29-26-18-17-22(21-27(26)30)28(32)31-19-10-20-33(23-11-4-1-5-12-23,24-13-6-2-7-14-24)25-15-8-3-9-16-25/h1-9,11-18,21,33H,10,19-20,29-30H2,(H,31,32). The molecule has 0 aromatic heterocycles. The van der Waals surface area contributed by atoms with Gasteiger partial charge in [-0.05, 0) is 0 Å². The van der Waals surface area contributed by atoms with E-state index in [1.165, 1.54) is 15.9 Å². The zero-order valence-electron chi connectivity index (χ0n) is 18.6. The van der Waals surface area contributed by atoms with E-state index in [-0.39, 0.29) is 5.91 Å². The molecular formula is C28H30N3OP. The molecule has 4 nitrogen and oxygen atoms in total. The number of anilines is 2. The Kier molecular flexibility index (Phi) is 7.07. The molecule has 33 heavy (non-hydrogen) atoms. The molecule has 0 fully saturated rings. The van der Waals surface area contributed by atoms with Crippen molar-refractivity contribution in [2.45, 2.75) is 6.42 Å². The SMILES string of the molecule is Nc1ccc(C(=O)NCCC[PH](c2ccccc2)(c2ccccc2)c2ccccc2)cc1N. The van der Waals surface area contributed by atoms with Crippen molar-refractivity contribution < 1.29 is 4.79 Å². The Labute approximate surface area is 196 Å². The molecule has 0 aliphatic carbocycles. The second-order valence-electron chi connectivity index (χ2n) is 8.21. The van der Waals surface area contributed by atoms with Gasteiger partial charge in [0.25, 0.3) is 0 Å². The van der Waals surface area contributed by atoms with Crippen LogP contribution in [-0.2, 0) is 0 Å². The molecule has 0 bridgehead atoms. The number of nitrogens with one attached hydrogen (secondary N) is 1. The minimum absolute atomic E-state index is 0.131. The first kappa shape index (κ1) is 22.6. The first-order chi connectivity index (χ1) is 16.1. The molecule has 0 saturated carbocycles. The van der Waals surface area contributed by atoms with Crippen molar-refractivity contribution in [3.8, 4) is 0 Å². The molecule has 168 valence electrons. The summed E-state index contributed by atoms with van der Waals surface area (Å²) >= 11 is 0. The summed E-state index contributed by atoms with van der Waals surface area (Å²) in [5, 5.41) is 7.18. The molecule has 0 radical (unpaired) electrons. The normalized spacial score (nSPS) is 11.6. The average molecular weight is 456 g/mol. The van der Waals surface area contributed by atoms with Gasteiger partial charge < -0.3 is 0 Å². The maximum absolute atomic E-state index is 12.6. The minimum atomic E-state index is -2.28. The Morgan fingerprint density at radius 1 is 0.667 bits per heavy atom. The fourth-order valence-corrected chi connectivity index (χ4v) is 9.33. The Morgan fingerprint density at radius 3 is 1.61 bits per heavy atom. The van der Waals surface area contributed by atoms with Crippen LogP contribution in [0.1, 0.15) is 16.8 Å². The summed E-state index contributed by atoms with van der Waals surface area (Å²) < 4.78 is 0. The molecule has 4 rings (SSSR count). The summed E-state index contributed by atoms with van der Waals surface area (Å²) in [4.78, 5) is 12.6. The Balaban J connectivity index is 1.60. The summed E-state index contributed by atoms with van der Waals surface area (Å²) in [6.45, 7) is 0.588. The first-order valence-corrected chi connectivity index (χ1v) is 13.4. The summed E-state index contributed by atoms with van der Waals surface area (Å²) in [7, 11) is -2.28. The van der Waals surface area contributed by atoms with E-state index in [2.05, 4.69) is 96.3 Å². The number of rotatable bonds is 8. The van der Waals surface area contributed by atoms with Gasteiger partial charge in [0.15, 0.2) is 0 Å². The van der Waals surface area contributed by atoms with E-state index in [0.717, 1.165) is 12.6 Å². The number of nitrogen functional groups attached to an aromatic ring is 2. The van der Waals surface area contributed by atoms with Gasteiger partial charge in [-0.2, -0.15) is 0 Å². The third kappa shape index (κ3) is 4.92. The number of hydrogen-bond acceptors (Lipinski definition) is 3. The number of benzene rings is 4. The van der Waals surface area contributed by atoms with Gasteiger partial charge in [-0.3, -0.25) is 0 Å². The number of nitrogens with two attached hydrogens (primary N) is 2. The summed E-state index contributed by atoms with van der Waals surface area (Å²) in [6.07, 6.45) is 1.84. The van der Waals surface area contributed by atoms with E-state index in [1.807, 2.05) is 0 Å². The number of carbonyl (C=O) groups is 1. The van der Waals surface area contributed by atoms with Gasteiger partial charge in [0.1, 0.15) is 0 Å². The molecule has 5 N–H and O–H groups in total. The second-order valence-corrected chi connectivity index (χ2v) is 12.2. The van der Waals surface area contributed by atoms with Crippen molar-refractivity contribution >= 4 is 40.5 Å². The molecule has 1 amide bonds. The summed E-state index contributed by atoms with van der Waals surface area (Å²) in [5.74, 6) is -0.131. The quantitative estimate of drug-likeness (QED) is 0.215. The van der Waals surface area contributed by atoms with Crippen LogP contribution in [0.15, 0.2) is 109 Å². The van der Waals surface area contributed by atoms with Crippen LogP contribution < -0.4 is 32.7 Å². The predicted molar refractivity (Wildman–Crippen MR) is 144 cm³/mol. The predicted octanol–water partition coefficient (Wildman–Crippen LogP) is 3.70. The molecule has 4 aromatic rings. The van der Waals surface area contributed by atoms with Gasteiger partial charge in [0.2, 0.25) is 0 Å². The zero-order valence-corrected chi connectivity index (χ0v) is 19.6. The molecule has 0 heterocycles. The molecule has 0 atom stereocenters. The van der Waals surface area contributed by atoms with Gasteiger partial charge in [-0.15, -0.1) is 0 Å². The number of amides is 1. The van der Waals surface area contributed by atoms with Gasteiger partial charge in [-0.1, -0.05) is 0 Å². The van der Waals surface area contributed by atoms with Crippen LogP contribution in [0, 0.1) is 0 Å². The molecule has 0 spiro atoms. The topological polar surface area (TPSA) is 81.1 Å². The van der Waals surface area contributed by atoms with E-state index in [4.69, 9.17) is 11.5 Å². The van der Waals surface area contributed by atoms with Crippen LogP contribution >= 0.6 is 7.26 Å². The van der Waals surface area contributed by atoms with E-state index in [9.17, 15) is 4.79 Å². The van der Waals surface area contributed by atoms with E-state index < -0.39 is 7.26 Å². The fourth-order valence-electron chi connectivity index (χ4n) is 4.47. The molecule has 0 aliphatic heterocycles. The molecule has 0 unspecified atom stereocenters. The van der Waals surface area contributed by atoms with Crippen LogP contribution in [0.4, 0.5) is 11.4 Å². The third-order valence-corrected chi connectivity index (χ3v) is 11.2. The van der Waals surface area contributed by atoms with Crippen molar-refractivity contribution in [2.75, 3.05) is 24.2 Å². The van der Waals surface area contributed by atoms with Crippen molar-refractivity contribution in [1.29, 1.82) is 0 Å². The van der Waals surface area contributed by atoms with Crippen molar-refractivity contribution in [1.82, 2.24) is 5.32 Å². The molecule has 5 heteroatoms. The van der Waals surface area contributed by atoms with E-state index >= 15 is 0 Å². The summed E-state index contributed by atoms with van der Waals surface area (Å²) in [6, 6.07) is 37.4. The first-order valence-electron chi connectivity index (χ1n) is 11.2. The maximum atomic E-state index is 12.6. The van der Waals surface area contributed by atoms with Gasteiger partial charge in [-0.25, -0.2) is 0 Å². The summed E-state index contributed by atoms with van der Waals surface area (Å²) in [5.41, 5.74) is 13.1. The number of carbonyl (C=O) groups excluding carboxylic acids is 1. The van der Waals surface area contributed by atoms with E-state index in [0.29, 0.717) is 23.5 Å². The van der Waals surface area contributed by atoms with Gasteiger partial charge >= 0.3 is 196 Å². The molecule has 4 aromatic carbocycles. The van der Waals surface area contributed by atoms with Crippen LogP contribution in [0.3, 0.4) is 0 Å². The average Bonchev–Trinajstić information content (AvgIpc) is 2.87. The molecular weight excluding hydrogens is 425 g/mol. The zero-order chi connectivity index (χ0) is 23.1. The van der Waals surface area contributed by atoms with Crippen molar-refractivity contribution in [3.05, 3.63) is 115 Å². The Hall–Kier alpha value is -3.62. The molecule has 0 saturated heterocycles. The Morgan fingerprint density at radius 2 is 1.15 bits per heavy atom. The van der Waals surface area contributed by atoms with E-state index in [1.54, 1.807) is 18.2 Å². The van der Waals surface area contributed by atoms with Crippen LogP contribution in [0.5, 0.6) is 0 Å². The Bertz CT molecular complexity index is 1100. The number of hydrogen-bond donors (Lipinski definition) is 3. The van der Waals surface area contributed by atoms with Gasteiger partial charge in [0, 0.05) is 0 Å². The second kappa shape index (κ2) is 10.3. The van der Waals surface area contributed by atoms with Gasteiger partial charge in [0.05, 0.1) is 0 Å². The van der Waals surface area contributed by atoms with Crippen LogP contribution in [0.25, 0.3) is 0 Å². The molecule has 0 aliphatic rings. The fraction of sp³-hybridized carbons (Fsp3) is 0.107. The van der Waals surface area contributed by atoms with Crippen molar-refractivity contribution in [2.24, 2.45) is 0 Å². The third-order valence-electron chi connectivity index (χ3n) is 6.16.